The minimum absolute atomic E-state index is 0.0307. The van der Waals surface area contributed by atoms with Crippen LogP contribution in [0.3, 0.4) is 0 Å². The van der Waals surface area contributed by atoms with Crippen molar-refractivity contribution < 1.29 is 9.13 Å². The summed E-state index contributed by atoms with van der Waals surface area (Å²) in [7, 11) is -1.47. The van der Waals surface area contributed by atoms with Gasteiger partial charge in [0.05, 0.1) is 26.4 Å². The number of nitrogens with two attached hydrogens (primary N) is 1. The number of benzene rings is 2. The molecule has 7 heteroatoms. The highest BCUT2D eigenvalue weighted by atomic mass is 35.5. The molecule has 0 aliphatic heterocycles. The lowest BCUT2D eigenvalue weighted by molar-refractivity contribution is -0.385. The van der Waals surface area contributed by atoms with Crippen molar-refractivity contribution in [1.82, 2.24) is 0 Å². The van der Waals surface area contributed by atoms with Gasteiger partial charge in [-0.1, -0.05) is 29.8 Å². The minimum atomic E-state index is -1.47. The molecule has 0 saturated heterocycles. The maximum Gasteiger partial charge on any atom is 0.273 e. The van der Waals surface area contributed by atoms with E-state index in [0.717, 1.165) is 0 Å². The molecule has 0 saturated carbocycles. The first kappa shape index (κ1) is 14.5. The SMILES string of the molecule is Nc1cc(Cl)ccc1S(=O)Cc1ccccc1[N+](=O)[O-]. The van der Waals surface area contributed by atoms with Gasteiger partial charge in [-0.15, -0.1) is 0 Å². The number of nitrogen functional groups attached to an aromatic ring is 1. The number of para-hydroxylation sites is 1. The Morgan fingerprint density at radius 3 is 2.60 bits per heavy atom. The molecule has 0 aliphatic rings. The highest BCUT2D eigenvalue weighted by Crippen LogP contribution is 2.25. The van der Waals surface area contributed by atoms with E-state index in [1.807, 2.05) is 0 Å². The Labute approximate surface area is 123 Å². The third-order valence-corrected chi connectivity index (χ3v) is 4.36. The summed E-state index contributed by atoms with van der Waals surface area (Å²) < 4.78 is 12.3. The van der Waals surface area contributed by atoms with Crippen molar-refractivity contribution in [3.63, 3.8) is 0 Å². The van der Waals surface area contributed by atoms with Crippen LogP contribution in [0.25, 0.3) is 0 Å². The van der Waals surface area contributed by atoms with Crippen molar-refractivity contribution in [2.45, 2.75) is 10.6 Å². The number of rotatable bonds is 4. The van der Waals surface area contributed by atoms with Crippen LogP contribution >= 0.6 is 11.6 Å². The van der Waals surface area contributed by atoms with Crippen LogP contribution in [0, 0.1) is 10.1 Å². The first-order valence-corrected chi connectivity index (χ1v) is 7.34. The lowest BCUT2D eigenvalue weighted by Crippen LogP contribution is -2.03. The second kappa shape index (κ2) is 6.02. The molecule has 0 bridgehead atoms. The highest BCUT2D eigenvalue weighted by molar-refractivity contribution is 7.84. The molecule has 0 amide bonds. The van der Waals surface area contributed by atoms with E-state index in [-0.39, 0.29) is 11.4 Å². The summed E-state index contributed by atoms with van der Waals surface area (Å²) >= 11 is 5.78. The molecular weight excluding hydrogens is 300 g/mol. The topological polar surface area (TPSA) is 86.2 Å². The fourth-order valence-electron chi connectivity index (χ4n) is 1.76. The van der Waals surface area contributed by atoms with E-state index in [1.54, 1.807) is 30.3 Å². The molecule has 2 rings (SSSR count). The average molecular weight is 311 g/mol. The molecule has 0 aromatic heterocycles. The van der Waals surface area contributed by atoms with Gasteiger partial charge in [0.25, 0.3) is 5.69 Å². The van der Waals surface area contributed by atoms with Gasteiger partial charge in [-0.3, -0.25) is 14.3 Å². The largest absolute Gasteiger partial charge is 0.398 e. The van der Waals surface area contributed by atoms with Crippen molar-refractivity contribution in [1.29, 1.82) is 0 Å². The zero-order valence-electron chi connectivity index (χ0n) is 10.3. The molecule has 20 heavy (non-hydrogen) atoms. The zero-order valence-corrected chi connectivity index (χ0v) is 11.9. The van der Waals surface area contributed by atoms with E-state index >= 15 is 0 Å². The molecule has 104 valence electrons. The molecule has 1 atom stereocenters. The van der Waals surface area contributed by atoms with Gasteiger partial charge in [-0.05, 0) is 18.2 Å². The van der Waals surface area contributed by atoms with Crippen molar-refractivity contribution in [2.75, 3.05) is 5.73 Å². The number of nitrogens with zero attached hydrogens (tertiary/aromatic N) is 1. The fourth-order valence-corrected chi connectivity index (χ4v) is 3.16. The van der Waals surface area contributed by atoms with Crippen molar-refractivity contribution in [2.24, 2.45) is 0 Å². The van der Waals surface area contributed by atoms with Crippen molar-refractivity contribution in [3.05, 3.63) is 63.2 Å². The first-order chi connectivity index (χ1) is 9.49. The summed E-state index contributed by atoms with van der Waals surface area (Å²) in [5.74, 6) is 0.0307. The molecule has 0 heterocycles. The predicted molar refractivity (Wildman–Crippen MR) is 79.1 cm³/mol. The van der Waals surface area contributed by atoms with Crippen LogP contribution in [0.15, 0.2) is 47.4 Å². The molecule has 2 aromatic rings. The summed E-state index contributed by atoms with van der Waals surface area (Å²) in [6.07, 6.45) is 0. The van der Waals surface area contributed by atoms with E-state index in [4.69, 9.17) is 17.3 Å². The summed E-state index contributed by atoms with van der Waals surface area (Å²) in [5, 5.41) is 11.4. The monoisotopic (exact) mass is 310 g/mol. The van der Waals surface area contributed by atoms with E-state index in [0.29, 0.717) is 21.2 Å². The number of hydrogen-bond donors (Lipinski definition) is 1. The molecule has 1 unspecified atom stereocenters. The van der Waals surface area contributed by atoms with Gasteiger partial charge < -0.3 is 5.73 Å². The van der Waals surface area contributed by atoms with Crippen LogP contribution in [0.1, 0.15) is 5.56 Å². The van der Waals surface area contributed by atoms with Crippen LogP contribution in [-0.2, 0) is 16.6 Å². The van der Waals surface area contributed by atoms with Gasteiger partial charge in [-0.25, -0.2) is 0 Å². The number of nitro benzene ring substituents is 1. The van der Waals surface area contributed by atoms with E-state index in [2.05, 4.69) is 0 Å². The van der Waals surface area contributed by atoms with Gasteiger partial charge >= 0.3 is 0 Å². The predicted octanol–water partition coefficient (Wildman–Crippen LogP) is 3.14. The quantitative estimate of drug-likeness (QED) is 0.534. The average Bonchev–Trinajstić information content (AvgIpc) is 2.38. The normalized spacial score (nSPS) is 12.1. The van der Waals surface area contributed by atoms with E-state index in [1.165, 1.54) is 12.1 Å². The maximum absolute atomic E-state index is 12.3. The summed E-state index contributed by atoms with van der Waals surface area (Å²) in [6.45, 7) is 0. The Morgan fingerprint density at radius 1 is 1.25 bits per heavy atom. The molecule has 0 radical (unpaired) electrons. The Hall–Kier alpha value is -1.92. The van der Waals surface area contributed by atoms with Crippen LogP contribution in [0.2, 0.25) is 5.02 Å². The number of halogens is 1. The van der Waals surface area contributed by atoms with E-state index in [9.17, 15) is 14.3 Å². The van der Waals surface area contributed by atoms with Gasteiger partial charge in [0.15, 0.2) is 0 Å². The molecule has 0 aliphatic carbocycles. The molecule has 0 fully saturated rings. The molecule has 5 nitrogen and oxygen atoms in total. The van der Waals surface area contributed by atoms with Gasteiger partial charge in [0.1, 0.15) is 0 Å². The van der Waals surface area contributed by atoms with Crippen LogP contribution in [-0.4, -0.2) is 9.13 Å². The summed E-state index contributed by atoms with van der Waals surface area (Å²) in [5.41, 5.74) is 6.44. The molecule has 0 spiro atoms. The Bertz CT molecular complexity index is 691. The van der Waals surface area contributed by atoms with Gasteiger partial charge in [0, 0.05) is 22.3 Å². The minimum Gasteiger partial charge on any atom is -0.398 e. The second-order valence-corrected chi connectivity index (χ2v) is 5.91. The number of hydrogen-bond acceptors (Lipinski definition) is 4. The zero-order chi connectivity index (χ0) is 14.7. The standard InChI is InChI=1S/C13H11ClN2O3S/c14-10-5-6-13(11(15)7-10)20(19)8-9-3-1-2-4-12(9)16(17)18/h1-7H,8,15H2. The van der Waals surface area contributed by atoms with Crippen LogP contribution in [0.4, 0.5) is 11.4 Å². The van der Waals surface area contributed by atoms with Crippen molar-refractivity contribution in [3.8, 4) is 0 Å². The smallest absolute Gasteiger partial charge is 0.273 e. The van der Waals surface area contributed by atoms with Gasteiger partial charge in [0.2, 0.25) is 0 Å². The van der Waals surface area contributed by atoms with Crippen molar-refractivity contribution >= 4 is 33.8 Å². The number of anilines is 1. The van der Waals surface area contributed by atoms with Gasteiger partial charge in [-0.2, -0.15) is 0 Å². The molecule has 2 N–H and O–H groups in total. The Balaban J connectivity index is 2.30. The Kier molecular flexibility index (Phi) is 4.36. The highest BCUT2D eigenvalue weighted by Gasteiger charge is 2.17. The second-order valence-electron chi connectivity index (χ2n) is 4.06. The lowest BCUT2D eigenvalue weighted by Gasteiger charge is -2.06. The van der Waals surface area contributed by atoms with Crippen LogP contribution < -0.4 is 5.73 Å². The number of nitro groups is 1. The maximum atomic E-state index is 12.3. The fraction of sp³-hybridized carbons (Fsp3) is 0.0769. The van der Waals surface area contributed by atoms with Crippen LogP contribution in [0.5, 0.6) is 0 Å². The molecule has 2 aromatic carbocycles. The third kappa shape index (κ3) is 3.15. The summed E-state index contributed by atoms with van der Waals surface area (Å²) in [6, 6.07) is 10.9. The van der Waals surface area contributed by atoms with E-state index < -0.39 is 15.7 Å². The molecular formula is C13H11ClN2O3S. The third-order valence-electron chi connectivity index (χ3n) is 2.69. The Morgan fingerprint density at radius 2 is 1.95 bits per heavy atom. The first-order valence-electron chi connectivity index (χ1n) is 5.64. The summed E-state index contributed by atoms with van der Waals surface area (Å²) in [4.78, 5) is 10.9. The lowest BCUT2D eigenvalue weighted by atomic mass is 10.2.